The smallest absolute Gasteiger partial charge is 0.386 e. The van der Waals surface area contributed by atoms with Gasteiger partial charge in [-0.25, -0.2) is 0 Å². The van der Waals surface area contributed by atoms with Crippen LogP contribution in [-0.2, 0) is 8.85 Å². The summed E-state index contributed by atoms with van der Waals surface area (Å²) in [5, 5.41) is 0.0285. The van der Waals surface area contributed by atoms with Crippen LogP contribution < -0.4 is 4.98 Å². The number of rotatable bonds is 4. The normalized spacial score (nSPS) is 13.8. The van der Waals surface area contributed by atoms with Gasteiger partial charge in [0.2, 0.25) is 0 Å². The van der Waals surface area contributed by atoms with Crippen molar-refractivity contribution in [1.29, 1.82) is 0 Å². The van der Waals surface area contributed by atoms with E-state index in [9.17, 15) is 0 Å². The van der Waals surface area contributed by atoms with Crippen LogP contribution >= 0.6 is 0 Å². The maximum atomic E-state index is 5.57. The van der Waals surface area contributed by atoms with E-state index in [4.69, 9.17) is 8.85 Å². The molecule has 1 N–H and O–H groups in total. The van der Waals surface area contributed by atoms with Gasteiger partial charge in [-0.1, -0.05) is 34.6 Å². The molecule has 4 heteroatoms. The van der Waals surface area contributed by atoms with Crippen molar-refractivity contribution in [3.05, 3.63) is 0 Å². The monoisotopic (exact) mass is 205 g/mol. The summed E-state index contributed by atoms with van der Waals surface area (Å²) in [5.41, 5.74) is 0. The molecule has 0 fully saturated rings. The fourth-order valence-corrected chi connectivity index (χ4v) is 4.23. The zero-order valence-corrected chi connectivity index (χ0v) is 10.9. The predicted octanol–water partition coefficient (Wildman–Crippen LogP) is 2.02. The molecule has 0 aliphatic heterocycles. The standard InChI is InChI=1S/C9H23NO2Si/c1-8(2)10-13(11-6,12-7)9(3,4)5/h8,10H,1-7H3. The zero-order chi connectivity index (χ0) is 10.7. The Kier molecular flexibility index (Phi) is 4.58. The van der Waals surface area contributed by atoms with Crippen molar-refractivity contribution >= 4 is 8.72 Å². The Morgan fingerprint density at radius 1 is 1.08 bits per heavy atom. The van der Waals surface area contributed by atoms with E-state index in [0.717, 1.165) is 0 Å². The fraction of sp³-hybridized carbons (Fsp3) is 1.00. The summed E-state index contributed by atoms with van der Waals surface area (Å²) in [5.74, 6) is 0. The van der Waals surface area contributed by atoms with Crippen LogP contribution in [0.4, 0.5) is 0 Å². The zero-order valence-electron chi connectivity index (χ0n) is 9.89. The molecule has 0 spiro atoms. The first-order valence-corrected chi connectivity index (χ1v) is 6.48. The lowest BCUT2D eigenvalue weighted by Gasteiger charge is -2.39. The molecular formula is C9H23NO2Si. The average molecular weight is 205 g/mol. The molecule has 0 unspecified atom stereocenters. The Balaban J connectivity index is 4.70. The third-order valence-electron chi connectivity index (χ3n) is 2.04. The van der Waals surface area contributed by atoms with Crippen LogP contribution in [0.5, 0.6) is 0 Å². The molecule has 0 amide bonds. The van der Waals surface area contributed by atoms with Gasteiger partial charge in [0.25, 0.3) is 0 Å². The minimum absolute atomic E-state index is 0.0285. The second-order valence-electron chi connectivity index (χ2n) is 4.57. The molecule has 0 bridgehead atoms. The van der Waals surface area contributed by atoms with Crippen molar-refractivity contribution in [3.63, 3.8) is 0 Å². The Labute approximate surface area is 83.1 Å². The summed E-state index contributed by atoms with van der Waals surface area (Å²) in [6.45, 7) is 10.6. The van der Waals surface area contributed by atoms with Gasteiger partial charge in [0.05, 0.1) is 0 Å². The van der Waals surface area contributed by atoms with E-state index in [-0.39, 0.29) is 5.04 Å². The summed E-state index contributed by atoms with van der Waals surface area (Å²) in [6, 6.07) is 0.380. The summed E-state index contributed by atoms with van der Waals surface area (Å²) >= 11 is 0. The molecule has 0 aromatic carbocycles. The van der Waals surface area contributed by atoms with Crippen molar-refractivity contribution in [2.75, 3.05) is 14.2 Å². The number of hydrogen-bond donors (Lipinski definition) is 1. The molecule has 0 saturated carbocycles. The maximum absolute atomic E-state index is 5.57. The minimum Gasteiger partial charge on any atom is -0.386 e. The lowest BCUT2D eigenvalue weighted by Crippen LogP contribution is -2.63. The van der Waals surface area contributed by atoms with E-state index in [0.29, 0.717) is 6.04 Å². The molecule has 0 aromatic rings. The molecule has 13 heavy (non-hydrogen) atoms. The molecule has 80 valence electrons. The highest BCUT2D eigenvalue weighted by molar-refractivity contribution is 6.67. The number of nitrogens with one attached hydrogen (secondary N) is 1. The van der Waals surface area contributed by atoms with E-state index in [1.165, 1.54) is 0 Å². The first-order valence-electron chi connectivity index (χ1n) is 4.67. The SMILES string of the molecule is CO[Si](NC(C)C)(OC)C(C)(C)C. The second-order valence-corrected chi connectivity index (χ2v) is 8.41. The van der Waals surface area contributed by atoms with Gasteiger partial charge in [0, 0.05) is 19.3 Å². The summed E-state index contributed by atoms with van der Waals surface area (Å²) in [4.78, 5) is 3.43. The average Bonchev–Trinajstić information content (AvgIpc) is 1.97. The van der Waals surface area contributed by atoms with Gasteiger partial charge >= 0.3 is 8.72 Å². The van der Waals surface area contributed by atoms with Crippen LogP contribution in [0, 0.1) is 0 Å². The fourth-order valence-electron chi connectivity index (χ4n) is 1.41. The summed E-state index contributed by atoms with van der Waals surface area (Å²) in [7, 11) is 1.18. The second kappa shape index (κ2) is 4.55. The molecule has 0 saturated heterocycles. The maximum Gasteiger partial charge on any atom is 0.430 e. The highest BCUT2D eigenvalue weighted by Gasteiger charge is 2.49. The third kappa shape index (κ3) is 3.05. The van der Waals surface area contributed by atoms with Gasteiger partial charge in [-0.05, 0) is 6.04 Å². The molecule has 0 atom stereocenters. The van der Waals surface area contributed by atoms with Crippen LogP contribution in [0.3, 0.4) is 0 Å². The first-order chi connectivity index (χ1) is 5.79. The van der Waals surface area contributed by atoms with Crippen LogP contribution in [-0.4, -0.2) is 29.0 Å². The lowest BCUT2D eigenvalue weighted by molar-refractivity contribution is 0.195. The highest BCUT2D eigenvalue weighted by atomic mass is 28.4. The van der Waals surface area contributed by atoms with E-state index in [2.05, 4.69) is 39.6 Å². The first kappa shape index (κ1) is 13.1. The Bertz CT molecular complexity index is 150. The van der Waals surface area contributed by atoms with Crippen molar-refractivity contribution in [2.24, 2.45) is 0 Å². The number of hydrogen-bond acceptors (Lipinski definition) is 3. The molecule has 0 aromatic heterocycles. The van der Waals surface area contributed by atoms with E-state index in [1.54, 1.807) is 14.2 Å². The van der Waals surface area contributed by atoms with Crippen molar-refractivity contribution in [3.8, 4) is 0 Å². The van der Waals surface area contributed by atoms with Gasteiger partial charge in [-0.15, -0.1) is 0 Å². The van der Waals surface area contributed by atoms with Gasteiger partial charge in [0.1, 0.15) is 0 Å². The van der Waals surface area contributed by atoms with Crippen LogP contribution in [0.25, 0.3) is 0 Å². The predicted molar refractivity (Wildman–Crippen MR) is 57.8 cm³/mol. The molecule has 0 rings (SSSR count). The molecule has 3 nitrogen and oxygen atoms in total. The van der Waals surface area contributed by atoms with E-state index in [1.807, 2.05) is 0 Å². The van der Waals surface area contributed by atoms with Crippen LogP contribution in [0.1, 0.15) is 34.6 Å². The van der Waals surface area contributed by atoms with Crippen molar-refractivity contribution < 1.29 is 8.85 Å². The Hall–Kier alpha value is 0.0969. The van der Waals surface area contributed by atoms with E-state index >= 15 is 0 Å². The molecule has 0 aliphatic rings. The van der Waals surface area contributed by atoms with Gasteiger partial charge in [-0.3, -0.25) is 4.98 Å². The van der Waals surface area contributed by atoms with Gasteiger partial charge in [0.15, 0.2) is 0 Å². The molecule has 0 radical (unpaired) electrons. The van der Waals surface area contributed by atoms with Crippen molar-refractivity contribution in [2.45, 2.75) is 45.7 Å². The van der Waals surface area contributed by atoms with Gasteiger partial charge in [-0.2, -0.15) is 0 Å². The van der Waals surface area contributed by atoms with Crippen molar-refractivity contribution in [1.82, 2.24) is 4.98 Å². The Morgan fingerprint density at radius 3 is 1.54 bits per heavy atom. The summed E-state index contributed by atoms with van der Waals surface area (Å²) in [6.07, 6.45) is 0. The quantitative estimate of drug-likeness (QED) is 0.712. The third-order valence-corrected chi connectivity index (χ3v) is 6.12. The van der Waals surface area contributed by atoms with Crippen LogP contribution in [0.15, 0.2) is 0 Å². The largest absolute Gasteiger partial charge is 0.430 e. The molecular weight excluding hydrogens is 182 g/mol. The lowest BCUT2D eigenvalue weighted by atomic mass is 10.3. The minimum atomic E-state index is -2.26. The van der Waals surface area contributed by atoms with E-state index < -0.39 is 8.72 Å². The summed E-state index contributed by atoms with van der Waals surface area (Å²) < 4.78 is 11.1. The molecule has 0 aliphatic carbocycles. The van der Waals surface area contributed by atoms with Gasteiger partial charge < -0.3 is 8.85 Å². The highest BCUT2D eigenvalue weighted by Crippen LogP contribution is 2.35. The van der Waals surface area contributed by atoms with Crippen LogP contribution in [0.2, 0.25) is 5.04 Å². The molecule has 0 heterocycles. The Morgan fingerprint density at radius 2 is 1.46 bits per heavy atom. The topological polar surface area (TPSA) is 30.5 Å².